The Morgan fingerprint density at radius 3 is 2.84 bits per heavy atom. The molecule has 1 fully saturated rings. The van der Waals surface area contributed by atoms with E-state index in [1.807, 2.05) is 18.5 Å². The number of hydrogen-bond acceptors (Lipinski definition) is 6. The van der Waals surface area contributed by atoms with Gasteiger partial charge in [0, 0.05) is 56.2 Å². The maximum Gasteiger partial charge on any atom is 0.243 e. The number of piperidine rings is 1. The molecular weight excluding hydrogens is 336 g/mol. The van der Waals surface area contributed by atoms with E-state index in [1.165, 1.54) is 17.2 Å². The number of likely N-dealkylation sites (tertiary alicyclic amines) is 1. The Balaban J connectivity index is 1.29. The van der Waals surface area contributed by atoms with Crippen LogP contribution >= 0.6 is 11.3 Å². The van der Waals surface area contributed by atoms with Crippen molar-refractivity contribution in [2.75, 3.05) is 25.0 Å². The van der Waals surface area contributed by atoms with Crippen molar-refractivity contribution >= 4 is 22.4 Å². The van der Waals surface area contributed by atoms with Gasteiger partial charge >= 0.3 is 0 Å². The summed E-state index contributed by atoms with van der Waals surface area (Å²) in [5, 5.41) is 5.45. The fourth-order valence-corrected chi connectivity index (χ4v) is 4.33. The van der Waals surface area contributed by atoms with Gasteiger partial charge in [0.2, 0.25) is 5.91 Å². The number of rotatable bonds is 4. The number of aromatic nitrogens is 3. The van der Waals surface area contributed by atoms with Crippen LogP contribution in [-0.2, 0) is 17.9 Å². The molecular formula is C17H24N6OS. The molecule has 0 bridgehead atoms. The summed E-state index contributed by atoms with van der Waals surface area (Å²) >= 11 is 1.45. The number of nitrogens with one attached hydrogen (secondary N) is 1. The molecule has 0 spiro atoms. The lowest BCUT2D eigenvalue weighted by molar-refractivity contribution is -0.121. The molecule has 4 heterocycles. The summed E-state index contributed by atoms with van der Waals surface area (Å²) in [6.07, 6.45) is 7.88. The molecule has 0 aromatic carbocycles. The van der Waals surface area contributed by atoms with Crippen molar-refractivity contribution in [1.82, 2.24) is 24.3 Å². The number of carbonyl (C=O) groups is 1. The Kier molecular flexibility index (Phi) is 4.82. The van der Waals surface area contributed by atoms with Gasteiger partial charge in [0.05, 0.1) is 12.6 Å². The highest BCUT2D eigenvalue weighted by atomic mass is 32.1. The average molecular weight is 360 g/mol. The minimum atomic E-state index is -0.120. The predicted molar refractivity (Wildman–Crippen MR) is 97.4 cm³/mol. The topological polar surface area (TPSA) is 66.3 Å². The zero-order valence-corrected chi connectivity index (χ0v) is 15.3. The van der Waals surface area contributed by atoms with Gasteiger partial charge in [-0.3, -0.25) is 14.6 Å². The van der Waals surface area contributed by atoms with E-state index >= 15 is 0 Å². The van der Waals surface area contributed by atoms with E-state index in [-0.39, 0.29) is 11.9 Å². The molecule has 2 aromatic heterocycles. The van der Waals surface area contributed by atoms with E-state index in [9.17, 15) is 4.79 Å². The normalized spacial score (nSPS) is 21.0. The SMILES string of the molecule is CC(C(=O)Nc1nccs1)N1CCC(N2CCn3ccnc3C2)CC1. The number of nitrogens with zero attached hydrogens (tertiary/aromatic N) is 5. The first-order valence-electron chi connectivity index (χ1n) is 8.89. The summed E-state index contributed by atoms with van der Waals surface area (Å²) in [6.45, 7) is 6.97. The third kappa shape index (κ3) is 3.61. The molecule has 0 saturated carbocycles. The summed E-state index contributed by atoms with van der Waals surface area (Å²) in [5.41, 5.74) is 0. The Bertz CT molecular complexity index is 707. The lowest BCUT2D eigenvalue weighted by Crippen LogP contribution is -2.51. The largest absolute Gasteiger partial charge is 0.333 e. The maximum absolute atomic E-state index is 12.4. The van der Waals surface area contributed by atoms with Crippen LogP contribution in [0.4, 0.5) is 5.13 Å². The quantitative estimate of drug-likeness (QED) is 0.898. The molecule has 8 heteroatoms. The van der Waals surface area contributed by atoms with Crippen molar-refractivity contribution in [3.8, 4) is 0 Å². The van der Waals surface area contributed by atoms with Crippen molar-refractivity contribution in [1.29, 1.82) is 0 Å². The Morgan fingerprint density at radius 1 is 1.24 bits per heavy atom. The van der Waals surface area contributed by atoms with Crippen molar-refractivity contribution < 1.29 is 4.79 Å². The van der Waals surface area contributed by atoms with Crippen LogP contribution in [0.3, 0.4) is 0 Å². The van der Waals surface area contributed by atoms with Crippen LogP contribution in [-0.4, -0.2) is 62.0 Å². The van der Waals surface area contributed by atoms with Gasteiger partial charge in [-0.1, -0.05) is 0 Å². The molecule has 1 saturated heterocycles. The van der Waals surface area contributed by atoms with Gasteiger partial charge in [0.25, 0.3) is 0 Å². The first-order chi connectivity index (χ1) is 12.2. The van der Waals surface area contributed by atoms with Crippen molar-refractivity contribution in [3.05, 3.63) is 29.8 Å². The minimum absolute atomic E-state index is 0.0356. The van der Waals surface area contributed by atoms with E-state index < -0.39 is 0 Å². The molecule has 4 rings (SSSR count). The molecule has 0 aliphatic carbocycles. The van der Waals surface area contributed by atoms with E-state index in [1.54, 1.807) is 6.20 Å². The van der Waals surface area contributed by atoms with Gasteiger partial charge in [-0.25, -0.2) is 9.97 Å². The molecule has 1 atom stereocenters. The molecule has 25 heavy (non-hydrogen) atoms. The molecule has 134 valence electrons. The van der Waals surface area contributed by atoms with Gasteiger partial charge in [-0.2, -0.15) is 0 Å². The summed E-state index contributed by atoms with van der Waals surface area (Å²) in [6, 6.07) is 0.473. The van der Waals surface area contributed by atoms with Gasteiger partial charge in [-0.05, 0) is 19.8 Å². The summed E-state index contributed by atoms with van der Waals surface area (Å²) in [4.78, 5) is 25.8. The third-order valence-corrected chi connectivity index (χ3v) is 6.07. The summed E-state index contributed by atoms with van der Waals surface area (Å²) in [7, 11) is 0. The van der Waals surface area contributed by atoms with E-state index in [4.69, 9.17) is 0 Å². The molecule has 2 aliphatic rings. The Morgan fingerprint density at radius 2 is 2.08 bits per heavy atom. The second-order valence-electron chi connectivity index (χ2n) is 6.78. The standard InChI is InChI=1S/C17H24N6OS/c1-13(16(24)20-17-19-5-11-25-17)21-6-2-14(3-7-21)23-10-9-22-8-4-18-15(22)12-23/h4-5,8,11,13-14H,2-3,6-7,9-10,12H2,1H3,(H,19,20,24). The highest BCUT2D eigenvalue weighted by molar-refractivity contribution is 7.13. The Labute approximate surface area is 151 Å². The van der Waals surface area contributed by atoms with Gasteiger partial charge in [-0.15, -0.1) is 11.3 Å². The first-order valence-corrected chi connectivity index (χ1v) is 9.77. The molecule has 2 aliphatic heterocycles. The summed E-state index contributed by atoms with van der Waals surface area (Å²) < 4.78 is 2.25. The third-order valence-electron chi connectivity index (χ3n) is 5.38. The van der Waals surface area contributed by atoms with Crippen LogP contribution in [0.15, 0.2) is 24.0 Å². The molecule has 1 unspecified atom stereocenters. The number of fused-ring (bicyclic) bond motifs is 1. The highest BCUT2D eigenvalue weighted by Crippen LogP contribution is 2.23. The molecule has 1 N–H and O–H groups in total. The van der Waals surface area contributed by atoms with E-state index in [0.29, 0.717) is 11.2 Å². The smallest absolute Gasteiger partial charge is 0.243 e. The fourth-order valence-electron chi connectivity index (χ4n) is 3.80. The minimum Gasteiger partial charge on any atom is -0.333 e. The number of thiazole rings is 1. The van der Waals surface area contributed by atoms with Gasteiger partial charge in [0.15, 0.2) is 5.13 Å². The zero-order chi connectivity index (χ0) is 17.2. The monoisotopic (exact) mass is 360 g/mol. The Hall–Kier alpha value is -1.77. The average Bonchev–Trinajstić information content (AvgIpc) is 3.32. The van der Waals surface area contributed by atoms with Crippen LogP contribution in [0.1, 0.15) is 25.6 Å². The number of anilines is 1. The molecule has 2 aromatic rings. The lowest BCUT2D eigenvalue weighted by Gasteiger charge is -2.41. The highest BCUT2D eigenvalue weighted by Gasteiger charge is 2.31. The fraction of sp³-hybridized carbons (Fsp3) is 0.588. The second kappa shape index (κ2) is 7.23. The predicted octanol–water partition coefficient (Wildman–Crippen LogP) is 1.65. The lowest BCUT2D eigenvalue weighted by atomic mass is 10.0. The van der Waals surface area contributed by atoms with Crippen LogP contribution < -0.4 is 5.32 Å². The maximum atomic E-state index is 12.4. The van der Waals surface area contributed by atoms with Gasteiger partial charge < -0.3 is 9.88 Å². The van der Waals surface area contributed by atoms with Crippen LogP contribution in [0.5, 0.6) is 0 Å². The number of hydrogen-bond donors (Lipinski definition) is 1. The zero-order valence-electron chi connectivity index (χ0n) is 14.5. The number of carbonyl (C=O) groups excluding carboxylic acids is 1. The van der Waals surface area contributed by atoms with Crippen molar-refractivity contribution in [2.24, 2.45) is 0 Å². The van der Waals surface area contributed by atoms with E-state index in [2.05, 4.69) is 35.8 Å². The number of amides is 1. The second-order valence-corrected chi connectivity index (χ2v) is 7.67. The van der Waals surface area contributed by atoms with Gasteiger partial charge in [0.1, 0.15) is 5.82 Å². The molecule has 1 amide bonds. The number of imidazole rings is 1. The van der Waals surface area contributed by atoms with E-state index in [0.717, 1.165) is 45.6 Å². The van der Waals surface area contributed by atoms with Crippen LogP contribution in [0.2, 0.25) is 0 Å². The van der Waals surface area contributed by atoms with Crippen molar-refractivity contribution in [3.63, 3.8) is 0 Å². The van der Waals surface area contributed by atoms with Crippen LogP contribution in [0, 0.1) is 0 Å². The first kappa shape index (κ1) is 16.7. The van der Waals surface area contributed by atoms with Crippen LogP contribution in [0.25, 0.3) is 0 Å². The summed E-state index contributed by atoms with van der Waals surface area (Å²) in [5.74, 6) is 1.21. The molecule has 7 nitrogen and oxygen atoms in total. The molecule has 0 radical (unpaired) electrons. The van der Waals surface area contributed by atoms with Crippen molar-refractivity contribution in [2.45, 2.75) is 44.9 Å².